The van der Waals surface area contributed by atoms with Gasteiger partial charge in [-0.1, -0.05) is 30.3 Å². The van der Waals surface area contributed by atoms with Crippen LogP contribution in [0.2, 0.25) is 0 Å². The first-order valence-corrected chi connectivity index (χ1v) is 4.84. The Morgan fingerprint density at radius 1 is 1.47 bits per heavy atom. The largest absolute Gasteiger partial charge is 0.480 e. The molecule has 0 bridgehead atoms. The van der Waals surface area contributed by atoms with Gasteiger partial charge in [-0.25, -0.2) is 0 Å². The van der Waals surface area contributed by atoms with E-state index in [1.165, 1.54) is 12.5 Å². The summed E-state index contributed by atoms with van der Waals surface area (Å²) < 4.78 is 0. The van der Waals surface area contributed by atoms with Crippen molar-refractivity contribution in [3.8, 4) is 0 Å². The first kappa shape index (κ1) is 11.7. The van der Waals surface area contributed by atoms with E-state index >= 15 is 0 Å². The van der Waals surface area contributed by atoms with Crippen LogP contribution in [0.3, 0.4) is 0 Å². The molecular formula is C11H15NO3. The highest BCUT2D eigenvalue weighted by Gasteiger charge is 2.08. The van der Waals surface area contributed by atoms with Gasteiger partial charge in [-0.15, -0.1) is 0 Å². The van der Waals surface area contributed by atoms with Gasteiger partial charge in [0.1, 0.15) is 6.04 Å². The fraction of sp³-hybridized carbons (Fsp3) is 0.364. The van der Waals surface area contributed by atoms with Gasteiger partial charge in [0.05, 0.1) is 6.61 Å². The van der Waals surface area contributed by atoms with Gasteiger partial charge >= 0.3 is 5.97 Å². The molecule has 82 valence electrons. The summed E-state index contributed by atoms with van der Waals surface area (Å²) in [5, 5.41) is 8.56. The monoisotopic (exact) mass is 209 g/mol. The molecule has 0 aliphatic rings. The standard InChI is InChI=1S/C11H15NO3/c1-9(11(13)14)12-15-8-7-10-5-3-2-4-6-10/h2-6,9,12H,7-8H2,1H3,(H,13,14)/t9-/m0/s1. The molecule has 0 aliphatic heterocycles. The van der Waals surface area contributed by atoms with Crippen molar-refractivity contribution < 1.29 is 14.7 Å². The quantitative estimate of drug-likeness (QED) is 0.546. The molecule has 0 aromatic heterocycles. The zero-order chi connectivity index (χ0) is 11.1. The molecule has 15 heavy (non-hydrogen) atoms. The van der Waals surface area contributed by atoms with Gasteiger partial charge in [0.2, 0.25) is 0 Å². The van der Waals surface area contributed by atoms with Crippen LogP contribution >= 0.6 is 0 Å². The first-order chi connectivity index (χ1) is 7.20. The second kappa shape index (κ2) is 6.16. The molecule has 1 aromatic carbocycles. The summed E-state index contributed by atoms with van der Waals surface area (Å²) in [6, 6.07) is 9.20. The number of carbonyl (C=O) groups is 1. The van der Waals surface area contributed by atoms with E-state index in [4.69, 9.17) is 9.94 Å². The molecule has 0 saturated heterocycles. The molecule has 0 saturated carbocycles. The molecule has 0 spiro atoms. The van der Waals surface area contributed by atoms with Gasteiger partial charge in [-0.2, -0.15) is 5.48 Å². The number of hydroxylamine groups is 1. The molecule has 0 radical (unpaired) electrons. The van der Waals surface area contributed by atoms with Crippen molar-refractivity contribution in [2.24, 2.45) is 0 Å². The minimum absolute atomic E-state index is 0.460. The average Bonchev–Trinajstić information content (AvgIpc) is 2.25. The Morgan fingerprint density at radius 2 is 2.13 bits per heavy atom. The molecule has 0 heterocycles. The number of carboxylic acids is 1. The predicted octanol–water partition coefficient (Wildman–Crippen LogP) is 1.22. The fourth-order valence-corrected chi connectivity index (χ4v) is 1.05. The van der Waals surface area contributed by atoms with Crippen LogP contribution in [0.25, 0.3) is 0 Å². The minimum atomic E-state index is -0.922. The van der Waals surface area contributed by atoms with Crippen LogP contribution in [0.15, 0.2) is 30.3 Å². The van der Waals surface area contributed by atoms with E-state index in [9.17, 15) is 4.79 Å². The zero-order valence-corrected chi connectivity index (χ0v) is 8.64. The van der Waals surface area contributed by atoms with E-state index in [1.54, 1.807) is 0 Å². The Morgan fingerprint density at radius 3 is 2.73 bits per heavy atom. The Balaban J connectivity index is 2.15. The number of rotatable bonds is 6. The van der Waals surface area contributed by atoms with E-state index < -0.39 is 12.0 Å². The maximum Gasteiger partial charge on any atom is 0.322 e. The molecule has 4 heteroatoms. The molecule has 1 atom stereocenters. The molecule has 0 amide bonds. The summed E-state index contributed by atoms with van der Waals surface area (Å²) >= 11 is 0. The van der Waals surface area contributed by atoms with Crippen LogP contribution in [0.5, 0.6) is 0 Å². The van der Waals surface area contributed by atoms with E-state index in [-0.39, 0.29) is 0 Å². The van der Waals surface area contributed by atoms with E-state index in [0.717, 1.165) is 6.42 Å². The Kier molecular flexibility index (Phi) is 4.80. The summed E-state index contributed by atoms with van der Waals surface area (Å²) in [5.41, 5.74) is 3.62. The summed E-state index contributed by atoms with van der Waals surface area (Å²) in [6.07, 6.45) is 0.764. The molecule has 2 N–H and O–H groups in total. The minimum Gasteiger partial charge on any atom is -0.480 e. The summed E-state index contributed by atoms with van der Waals surface area (Å²) in [5.74, 6) is -0.922. The smallest absolute Gasteiger partial charge is 0.322 e. The van der Waals surface area contributed by atoms with Crippen LogP contribution in [-0.2, 0) is 16.1 Å². The second-order valence-electron chi connectivity index (χ2n) is 3.26. The highest BCUT2D eigenvalue weighted by molar-refractivity contribution is 5.72. The lowest BCUT2D eigenvalue weighted by molar-refractivity contribution is -0.143. The van der Waals surface area contributed by atoms with Crippen molar-refractivity contribution >= 4 is 5.97 Å². The van der Waals surface area contributed by atoms with Gasteiger partial charge in [0, 0.05) is 0 Å². The molecule has 4 nitrogen and oxygen atoms in total. The molecule has 1 rings (SSSR count). The summed E-state index contributed by atoms with van der Waals surface area (Å²) in [4.78, 5) is 15.5. The third-order valence-electron chi connectivity index (χ3n) is 1.97. The fourth-order valence-electron chi connectivity index (χ4n) is 1.05. The van der Waals surface area contributed by atoms with Crippen molar-refractivity contribution in [1.82, 2.24) is 5.48 Å². The normalized spacial score (nSPS) is 12.3. The van der Waals surface area contributed by atoms with E-state index in [2.05, 4.69) is 5.48 Å². The van der Waals surface area contributed by atoms with Crippen LogP contribution in [0, 0.1) is 0 Å². The van der Waals surface area contributed by atoms with Crippen molar-refractivity contribution in [1.29, 1.82) is 0 Å². The van der Waals surface area contributed by atoms with Crippen LogP contribution in [0.4, 0.5) is 0 Å². The highest BCUT2D eigenvalue weighted by atomic mass is 16.6. The molecule has 0 unspecified atom stereocenters. The Hall–Kier alpha value is -1.39. The zero-order valence-electron chi connectivity index (χ0n) is 8.64. The number of carboxylic acid groups (broad SMARTS) is 1. The first-order valence-electron chi connectivity index (χ1n) is 4.84. The summed E-state index contributed by atoms with van der Waals surface area (Å²) in [7, 11) is 0. The van der Waals surface area contributed by atoms with Gasteiger partial charge in [0.25, 0.3) is 0 Å². The van der Waals surface area contributed by atoms with Crippen LogP contribution in [0.1, 0.15) is 12.5 Å². The van der Waals surface area contributed by atoms with Crippen LogP contribution < -0.4 is 5.48 Å². The predicted molar refractivity (Wildman–Crippen MR) is 56.3 cm³/mol. The molecule has 0 fully saturated rings. The van der Waals surface area contributed by atoms with Crippen molar-refractivity contribution in [2.45, 2.75) is 19.4 Å². The van der Waals surface area contributed by atoms with Crippen molar-refractivity contribution in [3.63, 3.8) is 0 Å². The molecular weight excluding hydrogens is 194 g/mol. The van der Waals surface area contributed by atoms with Gasteiger partial charge in [-0.3, -0.25) is 4.79 Å². The number of benzene rings is 1. The third kappa shape index (κ3) is 4.58. The van der Waals surface area contributed by atoms with Gasteiger partial charge < -0.3 is 9.94 Å². The molecule has 1 aromatic rings. The lowest BCUT2D eigenvalue weighted by Gasteiger charge is -2.09. The lowest BCUT2D eigenvalue weighted by atomic mass is 10.2. The number of nitrogens with one attached hydrogen (secondary N) is 1. The second-order valence-corrected chi connectivity index (χ2v) is 3.26. The lowest BCUT2D eigenvalue weighted by Crippen LogP contribution is -2.34. The maximum absolute atomic E-state index is 10.4. The van der Waals surface area contributed by atoms with E-state index in [0.29, 0.717) is 6.61 Å². The SMILES string of the molecule is C[C@H](NOCCc1ccccc1)C(=O)O. The Bertz CT molecular complexity index is 300. The van der Waals surface area contributed by atoms with Crippen molar-refractivity contribution in [3.05, 3.63) is 35.9 Å². The van der Waals surface area contributed by atoms with Crippen molar-refractivity contribution in [2.75, 3.05) is 6.61 Å². The number of hydrogen-bond donors (Lipinski definition) is 2. The Labute approximate surface area is 88.8 Å². The van der Waals surface area contributed by atoms with Crippen LogP contribution in [-0.4, -0.2) is 23.7 Å². The molecule has 0 aliphatic carbocycles. The number of aliphatic carboxylic acids is 1. The average molecular weight is 209 g/mol. The topological polar surface area (TPSA) is 58.6 Å². The maximum atomic E-state index is 10.4. The van der Waals surface area contributed by atoms with Gasteiger partial charge in [0.15, 0.2) is 0 Å². The van der Waals surface area contributed by atoms with Gasteiger partial charge in [-0.05, 0) is 18.9 Å². The highest BCUT2D eigenvalue weighted by Crippen LogP contribution is 1.98. The summed E-state index contributed by atoms with van der Waals surface area (Å²) in [6.45, 7) is 1.99. The number of hydrogen-bond acceptors (Lipinski definition) is 3. The van der Waals surface area contributed by atoms with E-state index in [1.807, 2.05) is 30.3 Å². The third-order valence-corrected chi connectivity index (χ3v) is 1.97.